The van der Waals surface area contributed by atoms with E-state index in [9.17, 15) is 0 Å². The van der Waals surface area contributed by atoms with Crippen molar-refractivity contribution in [3.05, 3.63) is 17.0 Å². The fraction of sp³-hybridized carbons (Fsp3) is 0.800. The van der Waals surface area contributed by atoms with Gasteiger partial charge >= 0.3 is 7.12 Å². The summed E-state index contributed by atoms with van der Waals surface area (Å²) in [6.07, 6.45) is 9.29. The van der Waals surface area contributed by atoms with Gasteiger partial charge in [-0.05, 0) is 46.1 Å². The molecule has 1 aliphatic rings. The van der Waals surface area contributed by atoms with Crippen LogP contribution in [-0.4, -0.2) is 18.3 Å². The van der Waals surface area contributed by atoms with E-state index in [1.165, 1.54) is 54.6 Å². The van der Waals surface area contributed by atoms with Crippen molar-refractivity contribution in [2.75, 3.05) is 0 Å². The highest BCUT2D eigenvalue weighted by Crippen LogP contribution is 2.37. The van der Waals surface area contributed by atoms with Crippen molar-refractivity contribution in [3.63, 3.8) is 0 Å². The number of rotatable bonds is 9. The van der Waals surface area contributed by atoms with Crippen molar-refractivity contribution in [2.24, 2.45) is 5.92 Å². The molecule has 0 aliphatic carbocycles. The van der Waals surface area contributed by atoms with Crippen LogP contribution in [0.1, 0.15) is 84.9 Å². The summed E-state index contributed by atoms with van der Waals surface area (Å²) in [6, 6.07) is 4.48. The standard InChI is InChI=1S/C20H35BO2S/c1-7-9-10-11-12-16(8-2)15-17-13-14-18(24-17)21-22-19(3,4)20(5,6)23-21/h13-14,16H,7-12,15H2,1-6H3. The van der Waals surface area contributed by atoms with E-state index in [0.717, 1.165) is 5.92 Å². The van der Waals surface area contributed by atoms with Crippen molar-refractivity contribution >= 4 is 23.2 Å². The van der Waals surface area contributed by atoms with Gasteiger partial charge in [0.15, 0.2) is 0 Å². The molecule has 0 N–H and O–H groups in total. The first-order valence-electron chi connectivity index (χ1n) is 9.73. The molecule has 0 radical (unpaired) electrons. The normalized spacial score (nSPS) is 20.5. The predicted octanol–water partition coefficient (Wildman–Crippen LogP) is 5.59. The summed E-state index contributed by atoms with van der Waals surface area (Å²) in [4.78, 5) is 1.47. The SMILES string of the molecule is CCCCCCC(CC)Cc1ccc(B2OC(C)(C)C(C)(C)O2)s1. The smallest absolute Gasteiger partial charge is 0.399 e. The van der Waals surface area contributed by atoms with Crippen LogP contribution in [0, 0.1) is 5.92 Å². The minimum absolute atomic E-state index is 0.210. The Hall–Kier alpha value is -0.315. The first kappa shape index (κ1) is 20.0. The molecule has 136 valence electrons. The first-order valence-corrected chi connectivity index (χ1v) is 10.5. The molecule has 0 aromatic carbocycles. The zero-order valence-corrected chi connectivity index (χ0v) is 17.3. The molecule has 1 aliphatic heterocycles. The van der Waals surface area contributed by atoms with Gasteiger partial charge in [0.25, 0.3) is 0 Å². The van der Waals surface area contributed by atoms with Crippen LogP contribution >= 0.6 is 11.3 Å². The summed E-state index contributed by atoms with van der Waals surface area (Å²) < 4.78 is 13.6. The van der Waals surface area contributed by atoms with Gasteiger partial charge in [-0.15, -0.1) is 11.3 Å². The highest BCUT2D eigenvalue weighted by Gasteiger charge is 2.52. The van der Waals surface area contributed by atoms with Crippen LogP contribution in [0.2, 0.25) is 0 Å². The van der Waals surface area contributed by atoms with Crippen LogP contribution in [0.4, 0.5) is 0 Å². The van der Waals surface area contributed by atoms with E-state index < -0.39 is 0 Å². The monoisotopic (exact) mass is 350 g/mol. The zero-order chi connectivity index (χ0) is 17.8. The Labute approximate surface area is 153 Å². The van der Waals surface area contributed by atoms with Crippen LogP contribution in [-0.2, 0) is 15.7 Å². The summed E-state index contributed by atoms with van der Waals surface area (Å²) >= 11 is 1.87. The average Bonchev–Trinajstić information content (AvgIpc) is 3.05. The minimum Gasteiger partial charge on any atom is -0.399 e. The third-order valence-corrected chi connectivity index (χ3v) is 6.83. The van der Waals surface area contributed by atoms with Gasteiger partial charge in [-0.25, -0.2) is 0 Å². The van der Waals surface area contributed by atoms with Crippen LogP contribution < -0.4 is 4.78 Å². The number of thiophene rings is 1. The van der Waals surface area contributed by atoms with Crippen LogP contribution in [0.25, 0.3) is 0 Å². The summed E-state index contributed by atoms with van der Waals surface area (Å²) in [6.45, 7) is 13.1. The summed E-state index contributed by atoms with van der Waals surface area (Å²) in [5.74, 6) is 0.812. The number of unbranched alkanes of at least 4 members (excludes halogenated alkanes) is 3. The molecule has 1 atom stereocenters. The molecule has 1 aromatic rings. The molecule has 4 heteroatoms. The van der Waals surface area contributed by atoms with E-state index in [0.29, 0.717) is 0 Å². The summed E-state index contributed by atoms with van der Waals surface area (Å²) in [5, 5.41) is 0. The van der Waals surface area contributed by atoms with Crippen molar-refractivity contribution in [1.29, 1.82) is 0 Å². The molecular weight excluding hydrogens is 315 g/mol. The highest BCUT2D eigenvalue weighted by molar-refractivity contribution is 7.22. The molecule has 1 saturated heterocycles. The van der Waals surface area contributed by atoms with E-state index in [1.54, 1.807) is 0 Å². The van der Waals surface area contributed by atoms with Gasteiger partial charge < -0.3 is 9.31 Å². The van der Waals surface area contributed by atoms with E-state index in [4.69, 9.17) is 9.31 Å². The fourth-order valence-corrected chi connectivity index (χ4v) is 4.27. The molecule has 2 heterocycles. The highest BCUT2D eigenvalue weighted by atomic mass is 32.1. The lowest BCUT2D eigenvalue weighted by molar-refractivity contribution is 0.00578. The van der Waals surface area contributed by atoms with Gasteiger partial charge in [-0.2, -0.15) is 0 Å². The van der Waals surface area contributed by atoms with Crippen molar-refractivity contribution in [3.8, 4) is 0 Å². The first-order chi connectivity index (χ1) is 11.3. The van der Waals surface area contributed by atoms with E-state index in [1.807, 2.05) is 11.3 Å². The average molecular weight is 350 g/mol. The Morgan fingerprint density at radius 2 is 1.67 bits per heavy atom. The Bertz CT molecular complexity index is 493. The molecule has 1 unspecified atom stereocenters. The summed E-state index contributed by atoms with van der Waals surface area (Å²) in [7, 11) is -0.210. The van der Waals surface area contributed by atoms with Crippen molar-refractivity contribution in [1.82, 2.24) is 0 Å². The molecular formula is C20H35BO2S. The Balaban J connectivity index is 1.91. The van der Waals surface area contributed by atoms with Gasteiger partial charge in [0, 0.05) is 9.65 Å². The maximum atomic E-state index is 6.17. The molecule has 2 nitrogen and oxygen atoms in total. The van der Waals surface area contributed by atoms with E-state index >= 15 is 0 Å². The maximum absolute atomic E-state index is 6.17. The van der Waals surface area contributed by atoms with Crippen molar-refractivity contribution in [2.45, 2.75) is 97.7 Å². The third-order valence-electron chi connectivity index (χ3n) is 5.70. The lowest BCUT2D eigenvalue weighted by atomic mass is 9.88. The quantitative estimate of drug-likeness (QED) is 0.427. The van der Waals surface area contributed by atoms with Gasteiger partial charge in [0.2, 0.25) is 0 Å². The molecule has 1 aromatic heterocycles. The fourth-order valence-electron chi connectivity index (χ4n) is 3.18. The largest absolute Gasteiger partial charge is 0.505 e. The Kier molecular flexibility index (Phi) is 6.98. The number of hydrogen-bond donors (Lipinski definition) is 0. The van der Waals surface area contributed by atoms with Gasteiger partial charge in [0.05, 0.1) is 11.2 Å². The third kappa shape index (κ3) is 4.86. The second-order valence-corrected chi connectivity index (χ2v) is 9.42. The molecule has 2 rings (SSSR count). The van der Waals surface area contributed by atoms with Gasteiger partial charge in [-0.3, -0.25) is 0 Å². The van der Waals surface area contributed by atoms with Crippen LogP contribution in [0.15, 0.2) is 12.1 Å². The molecule has 0 amide bonds. The predicted molar refractivity (Wildman–Crippen MR) is 106 cm³/mol. The minimum atomic E-state index is -0.257. The molecule has 0 saturated carbocycles. The van der Waals surface area contributed by atoms with Gasteiger partial charge in [0.1, 0.15) is 0 Å². The molecule has 24 heavy (non-hydrogen) atoms. The van der Waals surface area contributed by atoms with Crippen molar-refractivity contribution < 1.29 is 9.31 Å². The van der Waals surface area contributed by atoms with Crippen LogP contribution in [0.3, 0.4) is 0 Å². The Morgan fingerprint density at radius 1 is 1.00 bits per heavy atom. The molecule has 0 bridgehead atoms. The lowest BCUT2D eigenvalue weighted by Gasteiger charge is -2.32. The van der Waals surface area contributed by atoms with Gasteiger partial charge in [-0.1, -0.05) is 58.4 Å². The topological polar surface area (TPSA) is 18.5 Å². The Morgan fingerprint density at radius 3 is 2.25 bits per heavy atom. The zero-order valence-electron chi connectivity index (χ0n) is 16.5. The van der Waals surface area contributed by atoms with E-state index in [2.05, 4.69) is 53.7 Å². The second kappa shape index (κ2) is 8.38. The van der Waals surface area contributed by atoms with Crippen LogP contribution in [0.5, 0.6) is 0 Å². The lowest BCUT2D eigenvalue weighted by Crippen LogP contribution is -2.41. The summed E-state index contributed by atoms with van der Waals surface area (Å²) in [5.41, 5.74) is -0.514. The second-order valence-electron chi connectivity index (χ2n) is 8.22. The maximum Gasteiger partial charge on any atom is 0.505 e. The number of hydrogen-bond acceptors (Lipinski definition) is 3. The molecule has 0 spiro atoms. The molecule has 1 fully saturated rings. The van der Waals surface area contributed by atoms with E-state index in [-0.39, 0.29) is 18.3 Å².